The van der Waals surface area contributed by atoms with E-state index in [2.05, 4.69) is 10.2 Å². The van der Waals surface area contributed by atoms with Crippen molar-refractivity contribution in [2.45, 2.75) is 25.4 Å². The van der Waals surface area contributed by atoms with Crippen LogP contribution in [-0.2, 0) is 20.9 Å². The number of carbonyl (C=O) groups excluding carboxylic acids is 2. The van der Waals surface area contributed by atoms with E-state index < -0.39 is 6.04 Å². The van der Waals surface area contributed by atoms with Gasteiger partial charge in [0, 0.05) is 32.6 Å². The standard InChI is InChI=1S/C16H23N3O4/c20-15-4-3-14(19(15)12-13-2-1-9-23-13)16(21)17-5-6-18-7-10-22-11-8-18/h1-2,9,14H,3-8,10-12H2,(H,17,21). The van der Waals surface area contributed by atoms with Crippen LogP contribution >= 0.6 is 0 Å². The monoisotopic (exact) mass is 321 g/mol. The second-order valence-corrected chi connectivity index (χ2v) is 5.90. The number of furan rings is 1. The third-order valence-electron chi connectivity index (χ3n) is 4.37. The Balaban J connectivity index is 1.48. The summed E-state index contributed by atoms with van der Waals surface area (Å²) in [6.45, 7) is 5.08. The molecule has 1 aromatic rings. The lowest BCUT2D eigenvalue weighted by atomic mass is 10.2. The molecule has 1 N–H and O–H groups in total. The number of amides is 2. The largest absolute Gasteiger partial charge is 0.467 e. The second kappa shape index (κ2) is 7.61. The highest BCUT2D eigenvalue weighted by Gasteiger charge is 2.36. The molecule has 126 valence electrons. The summed E-state index contributed by atoms with van der Waals surface area (Å²) in [5.74, 6) is 0.636. The average molecular weight is 321 g/mol. The Hall–Kier alpha value is -1.86. The van der Waals surface area contributed by atoms with E-state index >= 15 is 0 Å². The lowest BCUT2D eigenvalue weighted by Gasteiger charge is -2.27. The molecule has 2 aliphatic heterocycles. The van der Waals surface area contributed by atoms with Crippen molar-refractivity contribution in [3.8, 4) is 0 Å². The van der Waals surface area contributed by atoms with Crippen LogP contribution < -0.4 is 5.32 Å². The lowest BCUT2D eigenvalue weighted by molar-refractivity contribution is -0.136. The average Bonchev–Trinajstić information content (AvgIpc) is 3.20. The molecule has 7 nitrogen and oxygen atoms in total. The van der Waals surface area contributed by atoms with Gasteiger partial charge < -0.3 is 19.4 Å². The van der Waals surface area contributed by atoms with Gasteiger partial charge in [0.25, 0.3) is 0 Å². The normalized spacial score (nSPS) is 22.5. The zero-order valence-corrected chi connectivity index (χ0v) is 13.2. The van der Waals surface area contributed by atoms with Crippen molar-refractivity contribution in [3.63, 3.8) is 0 Å². The van der Waals surface area contributed by atoms with Gasteiger partial charge in [0.05, 0.1) is 26.0 Å². The quantitative estimate of drug-likeness (QED) is 0.811. The predicted molar refractivity (Wildman–Crippen MR) is 82.5 cm³/mol. The number of ether oxygens (including phenoxy) is 1. The minimum absolute atomic E-state index is 0.00901. The molecule has 1 unspecified atom stereocenters. The molecule has 7 heteroatoms. The summed E-state index contributed by atoms with van der Waals surface area (Å²) in [4.78, 5) is 28.3. The Morgan fingerprint density at radius 3 is 2.91 bits per heavy atom. The van der Waals surface area contributed by atoms with E-state index in [4.69, 9.17) is 9.15 Å². The molecule has 0 radical (unpaired) electrons. The number of rotatable bonds is 6. The molecule has 1 aromatic heterocycles. The SMILES string of the molecule is O=C(NCCN1CCOCC1)C1CCC(=O)N1Cc1ccco1. The Morgan fingerprint density at radius 1 is 1.35 bits per heavy atom. The number of nitrogens with one attached hydrogen (secondary N) is 1. The van der Waals surface area contributed by atoms with Gasteiger partial charge in [-0.25, -0.2) is 0 Å². The Morgan fingerprint density at radius 2 is 2.17 bits per heavy atom. The summed E-state index contributed by atoms with van der Waals surface area (Å²) >= 11 is 0. The Labute approximate surface area is 135 Å². The minimum atomic E-state index is -0.391. The van der Waals surface area contributed by atoms with E-state index in [9.17, 15) is 9.59 Å². The van der Waals surface area contributed by atoms with Crippen molar-refractivity contribution in [1.82, 2.24) is 15.1 Å². The third-order valence-corrected chi connectivity index (χ3v) is 4.37. The van der Waals surface area contributed by atoms with E-state index in [1.807, 2.05) is 6.07 Å². The van der Waals surface area contributed by atoms with Gasteiger partial charge in [-0.15, -0.1) is 0 Å². The molecule has 2 saturated heterocycles. The van der Waals surface area contributed by atoms with Crippen LogP contribution in [0.15, 0.2) is 22.8 Å². The van der Waals surface area contributed by atoms with Crippen molar-refractivity contribution in [3.05, 3.63) is 24.2 Å². The number of nitrogens with zero attached hydrogens (tertiary/aromatic N) is 2. The van der Waals surface area contributed by atoms with Gasteiger partial charge in [-0.2, -0.15) is 0 Å². The van der Waals surface area contributed by atoms with Crippen molar-refractivity contribution in [1.29, 1.82) is 0 Å². The number of hydrogen-bond donors (Lipinski definition) is 1. The van der Waals surface area contributed by atoms with Crippen LogP contribution in [-0.4, -0.2) is 67.0 Å². The first-order valence-corrected chi connectivity index (χ1v) is 8.14. The van der Waals surface area contributed by atoms with Gasteiger partial charge >= 0.3 is 0 Å². The van der Waals surface area contributed by atoms with E-state index in [0.29, 0.717) is 31.7 Å². The number of hydrogen-bond acceptors (Lipinski definition) is 5. The van der Waals surface area contributed by atoms with E-state index in [1.54, 1.807) is 17.2 Å². The van der Waals surface area contributed by atoms with Crippen LogP contribution in [0.2, 0.25) is 0 Å². The fourth-order valence-corrected chi connectivity index (χ4v) is 3.05. The van der Waals surface area contributed by atoms with Crippen molar-refractivity contribution < 1.29 is 18.7 Å². The Kier molecular flexibility index (Phi) is 5.30. The molecular formula is C16H23N3O4. The summed E-state index contributed by atoms with van der Waals surface area (Å²) in [7, 11) is 0. The van der Waals surface area contributed by atoms with Gasteiger partial charge in [-0.1, -0.05) is 0 Å². The lowest BCUT2D eigenvalue weighted by Crippen LogP contribution is -2.47. The van der Waals surface area contributed by atoms with Crippen LogP contribution in [0, 0.1) is 0 Å². The second-order valence-electron chi connectivity index (χ2n) is 5.90. The molecule has 2 aliphatic rings. The van der Waals surface area contributed by atoms with Crippen LogP contribution in [0.5, 0.6) is 0 Å². The molecule has 23 heavy (non-hydrogen) atoms. The number of morpholine rings is 1. The maximum atomic E-state index is 12.4. The summed E-state index contributed by atoms with van der Waals surface area (Å²) in [5, 5.41) is 2.96. The number of likely N-dealkylation sites (tertiary alicyclic amines) is 1. The Bertz CT molecular complexity index is 525. The van der Waals surface area contributed by atoms with Gasteiger partial charge in [-0.05, 0) is 18.6 Å². The topological polar surface area (TPSA) is 75.0 Å². The maximum absolute atomic E-state index is 12.4. The molecule has 0 bridgehead atoms. The van der Waals surface area contributed by atoms with Crippen LogP contribution in [0.3, 0.4) is 0 Å². The zero-order valence-electron chi connectivity index (χ0n) is 13.2. The summed E-state index contributed by atoms with van der Waals surface area (Å²) in [6, 6.07) is 3.21. The first kappa shape index (κ1) is 16.0. The van der Waals surface area contributed by atoms with Gasteiger partial charge in [-0.3, -0.25) is 14.5 Å². The van der Waals surface area contributed by atoms with E-state index in [-0.39, 0.29) is 11.8 Å². The van der Waals surface area contributed by atoms with E-state index in [1.165, 1.54) is 0 Å². The maximum Gasteiger partial charge on any atom is 0.242 e. The molecule has 0 aromatic carbocycles. The minimum Gasteiger partial charge on any atom is -0.467 e. The molecule has 0 saturated carbocycles. The molecule has 3 heterocycles. The molecule has 2 amide bonds. The fourth-order valence-electron chi connectivity index (χ4n) is 3.05. The molecular weight excluding hydrogens is 298 g/mol. The van der Waals surface area contributed by atoms with Crippen LogP contribution in [0.4, 0.5) is 0 Å². The van der Waals surface area contributed by atoms with Crippen LogP contribution in [0.25, 0.3) is 0 Å². The highest BCUT2D eigenvalue weighted by atomic mass is 16.5. The zero-order chi connectivity index (χ0) is 16.1. The fraction of sp³-hybridized carbons (Fsp3) is 0.625. The highest BCUT2D eigenvalue weighted by molar-refractivity contribution is 5.90. The van der Waals surface area contributed by atoms with Crippen molar-refractivity contribution >= 4 is 11.8 Å². The molecule has 0 spiro atoms. The van der Waals surface area contributed by atoms with Gasteiger partial charge in [0.2, 0.25) is 11.8 Å². The smallest absolute Gasteiger partial charge is 0.242 e. The molecule has 0 aliphatic carbocycles. The molecule has 3 rings (SSSR count). The first-order chi connectivity index (χ1) is 11.2. The molecule has 2 fully saturated rings. The number of carbonyl (C=O) groups is 2. The van der Waals surface area contributed by atoms with Crippen molar-refractivity contribution in [2.75, 3.05) is 39.4 Å². The first-order valence-electron chi connectivity index (χ1n) is 8.14. The predicted octanol–water partition coefficient (Wildman–Crippen LogP) is 0.219. The third kappa shape index (κ3) is 4.11. The van der Waals surface area contributed by atoms with Crippen LogP contribution in [0.1, 0.15) is 18.6 Å². The highest BCUT2D eigenvalue weighted by Crippen LogP contribution is 2.21. The van der Waals surface area contributed by atoms with E-state index in [0.717, 1.165) is 32.8 Å². The summed E-state index contributed by atoms with van der Waals surface area (Å²) in [6.07, 6.45) is 2.57. The molecule has 1 atom stereocenters. The van der Waals surface area contributed by atoms with Gasteiger partial charge in [0.15, 0.2) is 0 Å². The van der Waals surface area contributed by atoms with Crippen molar-refractivity contribution in [2.24, 2.45) is 0 Å². The van der Waals surface area contributed by atoms with Gasteiger partial charge in [0.1, 0.15) is 11.8 Å². The summed E-state index contributed by atoms with van der Waals surface area (Å²) < 4.78 is 10.6. The summed E-state index contributed by atoms with van der Waals surface area (Å²) in [5.41, 5.74) is 0.